The first kappa shape index (κ1) is 24.7. The number of piperazine rings is 1. The molecule has 33 heavy (non-hydrogen) atoms. The number of amides is 1. The van der Waals surface area contributed by atoms with Gasteiger partial charge in [0.1, 0.15) is 13.1 Å². The van der Waals surface area contributed by atoms with Crippen molar-refractivity contribution in [3.05, 3.63) is 51.7 Å². The lowest BCUT2D eigenvalue weighted by Crippen LogP contribution is -2.63. The first-order chi connectivity index (χ1) is 15.2. The highest BCUT2D eigenvalue weighted by Crippen LogP contribution is 2.33. The molecule has 1 saturated heterocycles. The molecule has 0 unspecified atom stereocenters. The van der Waals surface area contributed by atoms with Crippen LogP contribution >= 0.6 is 11.3 Å². The normalized spacial score (nSPS) is 16.4. The van der Waals surface area contributed by atoms with Crippen LogP contribution in [0.4, 0.5) is 32.0 Å². The van der Waals surface area contributed by atoms with Crippen LogP contribution in [0, 0.1) is 6.92 Å². The van der Waals surface area contributed by atoms with Gasteiger partial charge in [0, 0.05) is 11.6 Å². The number of quaternary nitrogens is 1. The van der Waals surface area contributed by atoms with E-state index in [1.54, 1.807) is 25.1 Å². The van der Waals surface area contributed by atoms with Crippen molar-refractivity contribution in [2.45, 2.75) is 19.3 Å². The van der Waals surface area contributed by atoms with Crippen LogP contribution in [0.5, 0.6) is 0 Å². The fraction of sp³-hybridized carbons (Fsp3) is 0.350. The Bertz CT molecular complexity index is 1070. The molecule has 0 atom stereocenters. The topological polar surface area (TPSA) is 63.7 Å². The number of Topliss-reactive ketones (excluding diaryl/α,β-unsaturated/α-hetero) is 1. The van der Waals surface area contributed by atoms with Gasteiger partial charge in [-0.2, -0.15) is 26.3 Å². The van der Waals surface area contributed by atoms with Gasteiger partial charge < -0.3 is 4.90 Å². The molecule has 6 nitrogen and oxygen atoms in total. The molecule has 2 heterocycles. The van der Waals surface area contributed by atoms with E-state index in [1.165, 1.54) is 11.0 Å². The summed E-state index contributed by atoms with van der Waals surface area (Å²) in [4.78, 5) is 41.1. The summed E-state index contributed by atoms with van der Waals surface area (Å²) in [5, 5.41) is 0. The molecule has 0 aliphatic carbocycles. The number of hydrogen-bond donors (Lipinski definition) is 0. The van der Waals surface area contributed by atoms with Crippen LogP contribution in [-0.4, -0.2) is 61.1 Å². The van der Waals surface area contributed by atoms with Crippen molar-refractivity contribution in [2.24, 2.45) is 0 Å². The Kier molecular flexibility index (Phi) is 6.58. The molecule has 0 saturated carbocycles. The van der Waals surface area contributed by atoms with E-state index < -0.39 is 39.5 Å². The lowest BCUT2D eigenvalue weighted by atomic mass is 10.1. The summed E-state index contributed by atoms with van der Waals surface area (Å²) in [7, 11) is 0. The SMILES string of the molecule is Cc1ccccc1[N+]1(OC(=O)C(F)(F)F)CCN(C(=O)c2ccc(C(=O)C(F)(F)F)s2)CC1. The van der Waals surface area contributed by atoms with E-state index in [0.29, 0.717) is 22.6 Å². The lowest BCUT2D eigenvalue weighted by Gasteiger charge is -2.41. The van der Waals surface area contributed by atoms with Gasteiger partial charge in [-0.05, 0) is 19.1 Å². The minimum atomic E-state index is -5.22. The van der Waals surface area contributed by atoms with Gasteiger partial charge in [0.25, 0.3) is 11.7 Å². The quantitative estimate of drug-likeness (QED) is 0.361. The van der Waals surface area contributed by atoms with E-state index in [9.17, 15) is 40.7 Å². The highest BCUT2D eigenvalue weighted by atomic mass is 32.1. The van der Waals surface area contributed by atoms with Crippen molar-refractivity contribution in [2.75, 3.05) is 26.2 Å². The molecule has 1 aliphatic rings. The van der Waals surface area contributed by atoms with Gasteiger partial charge in [-0.3, -0.25) is 14.4 Å². The van der Waals surface area contributed by atoms with Crippen molar-refractivity contribution in [3.8, 4) is 0 Å². The second-order valence-electron chi connectivity index (χ2n) is 7.28. The Morgan fingerprint density at radius 1 is 0.909 bits per heavy atom. The Morgan fingerprint density at radius 3 is 2.03 bits per heavy atom. The highest BCUT2D eigenvalue weighted by molar-refractivity contribution is 7.16. The Labute approximate surface area is 187 Å². The maximum absolute atomic E-state index is 12.9. The van der Waals surface area contributed by atoms with Crippen molar-refractivity contribution < 1.29 is 45.6 Å². The molecular formula is C20H17F6N2O4S+. The molecule has 1 aromatic carbocycles. The zero-order valence-corrected chi connectivity index (χ0v) is 17.8. The van der Waals surface area contributed by atoms with E-state index in [2.05, 4.69) is 0 Å². The number of carbonyl (C=O) groups is 3. The van der Waals surface area contributed by atoms with Crippen LogP contribution in [-0.2, 0) is 9.63 Å². The average molecular weight is 495 g/mol. The number of hydroxylamine groups is 2. The Balaban J connectivity index is 1.81. The minimum Gasteiger partial charge on any atom is -0.326 e. The van der Waals surface area contributed by atoms with Crippen LogP contribution < -0.4 is 4.65 Å². The maximum atomic E-state index is 12.9. The molecule has 1 fully saturated rings. The zero-order valence-electron chi connectivity index (χ0n) is 17.0. The third kappa shape index (κ3) is 5.19. The van der Waals surface area contributed by atoms with Gasteiger partial charge in [-0.1, -0.05) is 22.8 Å². The number of benzene rings is 1. The highest BCUT2D eigenvalue weighted by Gasteiger charge is 2.51. The molecule has 0 bridgehead atoms. The predicted molar refractivity (Wildman–Crippen MR) is 105 cm³/mol. The summed E-state index contributed by atoms with van der Waals surface area (Å²) < 4.78 is 75.8. The minimum absolute atomic E-state index is 0.120. The van der Waals surface area contributed by atoms with E-state index in [-0.39, 0.29) is 31.1 Å². The summed E-state index contributed by atoms with van der Waals surface area (Å²) in [6.07, 6.45) is -10.3. The number of carbonyl (C=O) groups excluding carboxylic acids is 3. The molecule has 0 radical (unpaired) electrons. The first-order valence-electron chi connectivity index (χ1n) is 9.49. The van der Waals surface area contributed by atoms with Crippen LogP contribution in [0.3, 0.4) is 0 Å². The van der Waals surface area contributed by atoms with Crippen molar-refractivity contribution in [1.82, 2.24) is 9.55 Å². The molecule has 0 N–H and O–H groups in total. The van der Waals surface area contributed by atoms with Crippen LogP contribution in [0.1, 0.15) is 24.9 Å². The fourth-order valence-electron chi connectivity index (χ4n) is 3.47. The Morgan fingerprint density at radius 2 is 1.48 bits per heavy atom. The second kappa shape index (κ2) is 8.78. The number of rotatable bonds is 4. The number of ketones is 1. The number of alkyl halides is 6. The maximum Gasteiger partial charge on any atom is 0.497 e. The number of hydrogen-bond acceptors (Lipinski definition) is 5. The van der Waals surface area contributed by atoms with Crippen molar-refractivity contribution in [3.63, 3.8) is 0 Å². The molecule has 178 valence electrons. The summed E-state index contributed by atoms with van der Waals surface area (Å²) >= 11 is 0.382. The molecule has 0 spiro atoms. The average Bonchev–Trinajstić information content (AvgIpc) is 3.22. The van der Waals surface area contributed by atoms with Crippen LogP contribution in [0.15, 0.2) is 36.4 Å². The molecule has 1 amide bonds. The van der Waals surface area contributed by atoms with Gasteiger partial charge in [0.05, 0.1) is 22.8 Å². The molecule has 2 aromatic rings. The molecule has 1 aliphatic heterocycles. The number of halogens is 6. The van der Waals surface area contributed by atoms with Crippen molar-refractivity contribution in [1.29, 1.82) is 0 Å². The summed E-state index contributed by atoms with van der Waals surface area (Å²) in [5.74, 6) is -5.12. The van der Waals surface area contributed by atoms with Crippen LogP contribution in [0.25, 0.3) is 0 Å². The van der Waals surface area contributed by atoms with Gasteiger partial charge in [-0.25, -0.2) is 4.79 Å². The zero-order chi connectivity index (χ0) is 24.6. The first-order valence-corrected chi connectivity index (χ1v) is 10.3. The van der Waals surface area contributed by atoms with Gasteiger partial charge >= 0.3 is 18.3 Å². The number of nitrogens with zero attached hydrogens (tertiary/aromatic N) is 2. The van der Waals surface area contributed by atoms with E-state index in [1.807, 2.05) is 0 Å². The van der Waals surface area contributed by atoms with E-state index in [4.69, 9.17) is 4.84 Å². The van der Waals surface area contributed by atoms with Crippen molar-refractivity contribution >= 4 is 34.7 Å². The monoisotopic (exact) mass is 495 g/mol. The predicted octanol–water partition coefficient (Wildman–Crippen LogP) is 4.29. The molecule has 13 heteroatoms. The third-order valence-electron chi connectivity index (χ3n) is 5.09. The Hall–Kier alpha value is -2.93. The fourth-order valence-corrected chi connectivity index (χ4v) is 4.41. The lowest BCUT2D eigenvalue weighted by molar-refractivity contribution is -0.238. The molecule has 1 aromatic heterocycles. The van der Waals surface area contributed by atoms with E-state index in [0.717, 1.165) is 12.1 Å². The number of thiophene rings is 1. The van der Waals surface area contributed by atoms with Gasteiger partial charge in [0.2, 0.25) is 0 Å². The third-order valence-corrected chi connectivity index (χ3v) is 6.16. The van der Waals surface area contributed by atoms with E-state index >= 15 is 0 Å². The second-order valence-corrected chi connectivity index (χ2v) is 8.37. The summed E-state index contributed by atoms with van der Waals surface area (Å²) in [6.45, 7) is 0.937. The number of aryl methyl sites for hydroxylation is 1. The van der Waals surface area contributed by atoms with Gasteiger partial charge in [0.15, 0.2) is 5.69 Å². The number of para-hydroxylation sites is 1. The van der Waals surface area contributed by atoms with Crippen LogP contribution in [0.2, 0.25) is 0 Å². The largest absolute Gasteiger partial charge is 0.497 e. The molecule has 3 rings (SSSR count). The standard InChI is InChI=1S/C20H17F6N2O4S/c1-12-4-2-3-5-13(12)28(32-18(31)20(24,25)26)10-8-27(9-11-28)17(30)15-7-6-14(33-15)16(29)19(21,22)23/h2-7H,8-11H2,1H3/q+1. The summed E-state index contributed by atoms with van der Waals surface area (Å²) in [6, 6.07) is 8.39. The van der Waals surface area contributed by atoms with Gasteiger partial charge in [-0.15, -0.1) is 11.3 Å². The molecular weight excluding hydrogens is 478 g/mol. The smallest absolute Gasteiger partial charge is 0.326 e. The summed E-state index contributed by atoms with van der Waals surface area (Å²) in [5.41, 5.74) is 0.886.